The molecule has 0 heterocycles. The van der Waals surface area contributed by atoms with Gasteiger partial charge in [-0.2, -0.15) is 0 Å². The minimum Gasteiger partial charge on any atom is -0.477 e. The molecule has 0 bridgehead atoms. The van der Waals surface area contributed by atoms with Gasteiger partial charge in [0.15, 0.2) is 6.10 Å². The third kappa shape index (κ3) is 70.2. The topological polar surface area (TPSA) is 108 Å². The number of nitrogens with zero attached hydrogens (tertiary/aromatic N) is 1. The van der Waals surface area contributed by atoms with Crippen molar-refractivity contribution in [3.8, 4) is 0 Å². The number of unbranched alkanes of at least 4 members (excludes halogenated alkanes) is 23. The van der Waals surface area contributed by atoms with Crippen LogP contribution in [0.5, 0.6) is 0 Å². The third-order valence-electron chi connectivity index (χ3n) is 14.8. The Morgan fingerprint density at radius 3 is 0.899 bits per heavy atom. The molecule has 0 spiro atoms. The maximum absolute atomic E-state index is 12.9. The number of allylic oxidation sites excluding steroid dienone is 26. The van der Waals surface area contributed by atoms with Gasteiger partial charge in [0, 0.05) is 12.8 Å². The summed E-state index contributed by atoms with van der Waals surface area (Å²) in [5.74, 6) is -2.03. The van der Waals surface area contributed by atoms with E-state index in [-0.39, 0.29) is 32.2 Å². The molecule has 89 heavy (non-hydrogen) atoms. The summed E-state index contributed by atoms with van der Waals surface area (Å²) in [6.07, 6.45) is 99.2. The maximum atomic E-state index is 12.9. The highest BCUT2D eigenvalue weighted by Gasteiger charge is 2.25. The van der Waals surface area contributed by atoms with Crippen molar-refractivity contribution in [2.24, 2.45) is 0 Å². The van der Waals surface area contributed by atoms with Crippen LogP contribution in [0.25, 0.3) is 0 Å². The second-order valence-corrected chi connectivity index (χ2v) is 24.4. The summed E-state index contributed by atoms with van der Waals surface area (Å²) in [5, 5.41) is 9.75. The first-order chi connectivity index (χ1) is 43.6. The number of carbonyl (C=O) groups excluding carboxylic acids is 2. The van der Waals surface area contributed by atoms with Gasteiger partial charge in [0.1, 0.15) is 13.2 Å². The number of esters is 2. The average molecular weight is 1240 g/mol. The van der Waals surface area contributed by atoms with E-state index in [9.17, 15) is 19.5 Å². The fraction of sp³-hybridized carbons (Fsp3) is 0.637. The lowest BCUT2D eigenvalue weighted by Gasteiger charge is -2.25. The molecule has 0 aromatic rings. The molecule has 0 aliphatic carbocycles. The van der Waals surface area contributed by atoms with Gasteiger partial charge in [-0.05, 0) is 122 Å². The summed E-state index contributed by atoms with van der Waals surface area (Å²) in [7, 11) is 5.97. The molecule has 9 heteroatoms. The molecule has 9 nitrogen and oxygen atoms in total. The molecule has 0 radical (unpaired) electrons. The van der Waals surface area contributed by atoms with Crippen molar-refractivity contribution in [2.75, 3.05) is 47.5 Å². The molecule has 0 fully saturated rings. The van der Waals surface area contributed by atoms with Crippen LogP contribution in [0.2, 0.25) is 0 Å². The summed E-state index contributed by atoms with van der Waals surface area (Å²) < 4.78 is 23.0. The van der Waals surface area contributed by atoms with Crippen molar-refractivity contribution in [1.29, 1.82) is 0 Å². The van der Waals surface area contributed by atoms with Gasteiger partial charge in [-0.3, -0.25) is 9.59 Å². The predicted molar refractivity (Wildman–Crippen MR) is 382 cm³/mol. The number of carboxylic acid groups (broad SMARTS) is 1. The van der Waals surface area contributed by atoms with Crippen molar-refractivity contribution in [2.45, 2.75) is 283 Å². The van der Waals surface area contributed by atoms with E-state index in [2.05, 4.69) is 172 Å². The fourth-order valence-electron chi connectivity index (χ4n) is 9.41. The number of rotatable bonds is 64. The molecule has 0 rings (SSSR count). The van der Waals surface area contributed by atoms with Crippen molar-refractivity contribution < 1.29 is 42.9 Å². The lowest BCUT2D eigenvalue weighted by atomic mass is 10.0. The molecule has 0 aliphatic rings. The summed E-state index contributed by atoms with van der Waals surface area (Å²) in [5.41, 5.74) is 0. The molecule has 504 valence electrons. The first-order valence-corrected chi connectivity index (χ1v) is 35.6. The van der Waals surface area contributed by atoms with Crippen molar-refractivity contribution in [3.63, 3.8) is 0 Å². The number of carboxylic acids is 1. The summed E-state index contributed by atoms with van der Waals surface area (Å²) in [6, 6.07) is 0. The Kier molecular flexibility index (Phi) is 64.9. The van der Waals surface area contributed by atoms with Crippen molar-refractivity contribution in [1.82, 2.24) is 0 Å². The molecule has 0 aliphatic heterocycles. The van der Waals surface area contributed by atoms with Crippen LogP contribution in [-0.2, 0) is 33.3 Å². The minimum absolute atomic E-state index is 0.178. The van der Waals surface area contributed by atoms with E-state index in [1.165, 1.54) is 109 Å². The Hall–Kier alpha value is -5.09. The number of ether oxygens (including phenoxy) is 4. The first kappa shape index (κ1) is 83.9. The zero-order chi connectivity index (χ0) is 64.7. The van der Waals surface area contributed by atoms with Gasteiger partial charge in [-0.1, -0.05) is 294 Å². The Bertz CT molecular complexity index is 2020. The van der Waals surface area contributed by atoms with E-state index in [1.54, 1.807) is 0 Å². The van der Waals surface area contributed by atoms with Crippen LogP contribution in [0.4, 0.5) is 0 Å². The molecular formula is C80H132NO8+. The summed E-state index contributed by atoms with van der Waals surface area (Å²) >= 11 is 0. The van der Waals surface area contributed by atoms with Crippen molar-refractivity contribution in [3.05, 3.63) is 158 Å². The number of likely N-dealkylation sites (N-methyl/N-ethyl adjacent to an activating group) is 1. The number of hydrogen-bond donors (Lipinski definition) is 1. The monoisotopic (exact) mass is 1230 g/mol. The smallest absolute Gasteiger partial charge is 0.361 e. The highest BCUT2D eigenvalue weighted by atomic mass is 16.7. The Balaban J connectivity index is 4.16. The molecule has 0 saturated carbocycles. The summed E-state index contributed by atoms with van der Waals surface area (Å²) in [4.78, 5) is 37.7. The van der Waals surface area contributed by atoms with Crippen LogP contribution in [0.3, 0.4) is 0 Å². The zero-order valence-electron chi connectivity index (χ0n) is 57.5. The normalized spacial score (nSPS) is 13.7. The summed E-state index contributed by atoms with van der Waals surface area (Å²) in [6.45, 7) is 4.63. The van der Waals surface area contributed by atoms with Gasteiger partial charge in [-0.25, -0.2) is 4.79 Å². The Labute approximate surface area is 546 Å². The molecule has 0 amide bonds. The number of carbonyl (C=O) groups is 3. The Morgan fingerprint density at radius 1 is 0.337 bits per heavy atom. The Morgan fingerprint density at radius 2 is 0.607 bits per heavy atom. The van der Waals surface area contributed by atoms with Crippen LogP contribution < -0.4 is 0 Å². The van der Waals surface area contributed by atoms with E-state index >= 15 is 0 Å². The molecular weight excluding hydrogens is 1100 g/mol. The number of hydrogen-bond acceptors (Lipinski definition) is 7. The second-order valence-electron chi connectivity index (χ2n) is 24.4. The van der Waals surface area contributed by atoms with E-state index in [0.717, 1.165) is 128 Å². The standard InChI is InChI=1S/C80H131NO8/c1-6-8-10-12-14-16-18-20-22-24-26-28-30-32-34-36-37-38-39-40-41-43-44-46-48-50-52-54-56-58-60-62-64-66-68-70-77(82)87-74-76(75-88-80(79(84)85)86-73-72-81(3,4)5)89-78(83)71-69-67-65-63-61-59-57-55-53-51-49-47-45-42-35-33-31-29-27-25-23-21-19-17-15-13-11-9-7-2/h8-11,14-17,20-23,26-29,32-35,37-38,45,47,51,53,76,80H,6-7,12-13,18-19,24-25,30-31,36,39-44,46,48-50,52,54-75H2,1-5H3/p+1/b10-8-,11-9-,16-14-,17-15-,22-20-,23-21-,28-26-,29-27-,34-32-,35-33-,38-37-,47-45-,53-51-. The maximum Gasteiger partial charge on any atom is 0.361 e. The van der Waals surface area contributed by atoms with Gasteiger partial charge in [-0.15, -0.1) is 0 Å². The van der Waals surface area contributed by atoms with E-state index in [1.807, 2.05) is 21.1 Å². The quantitative estimate of drug-likeness (QED) is 0.0211. The highest BCUT2D eigenvalue weighted by molar-refractivity contribution is 5.71. The first-order valence-electron chi connectivity index (χ1n) is 35.6. The van der Waals surface area contributed by atoms with E-state index in [4.69, 9.17) is 18.9 Å². The zero-order valence-corrected chi connectivity index (χ0v) is 57.5. The molecule has 0 saturated heterocycles. The SMILES string of the molecule is CC/C=C\C/C=C\C/C=C\C/C=C\C/C=C\C/C=C\C/C=C\CCCCCCCCCC(=O)OC(COC(=O)CCCCCCCCCCCCCCCCCC/C=C\C/C=C\C/C=C\C/C=C\C/C=C\C/C=C\CC)COC(OCC[N+](C)(C)C)C(=O)O. The second kappa shape index (κ2) is 68.8. The molecule has 1 N–H and O–H groups in total. The van der Waals surface area contributed by atoms with Crippen LogP contribution in [0.15, 0.2) is 158 Å². The third-order valence-corrected chi connectivity index (χ3v) is 14.8. The molecule has 0 aromatic carbocycles. The fourth-order valence-corrected chi connectivity index (χ4v) is 9.41. The molecule has 0 aromatic heterocycles. The predicted octanol–water partition coefficient (Wildman–Crippen LogP) is 22.5. The number of aliphatic carboxylic acids is 1. The molecule has 2 atom stereocenters. The van der Waals surface area contributed by atoms with Crippen LogP contribution in [-0.4, -0.2) is 87.4 Å². The lowest BCUT2D eigenvalue weighted by molar-refractivity contribution is -0.870. The van der Waals surface area contributed by atoms with Crippen molar-refractivity contribution >= 4 is 17.9 Å². The van der Waals surface area contributed by atoms with Crippen LogP contribution in [0.1, 0.15) is 271 Å². The largest absolute Gasteiger partial charge is 0.477 e. The number of quaternary nitrogens is 1. The van der Waals surface area contributed by atoms with Gasteiger partial charge in [0.25, 0.3) is 6.29 Å². The van der Waals surface area contributed by atoms with Crippen LogP contribution in [0, 0.1) is 0 Å². The van der Waals surface area contributed by atoms with Gasteiger partial charge in [0.05, 0.1) is 34.4 Å². The van der Waals surface area contributed by atoms with E-state index in [0.29, 0.717) is 23.9 Å². The minimum atomic E-state index is -1.52. The van der Waals surface area contributed by atoms with Crippen LogP contribution >= 0.6 is 0 Å². The lowest BCUT2D eigenvalue weighted by Crippen LogP contribution is -2.40. The molecule has 2 unspecified atom stereocenters. The van der Waals surface area contributed by atoms with Gasteiger partial charge in [0.2, 0.25) is 0 Å². The van der Waals surface area contributed by atoms with E-state index < -0.39 is 24.3 Å². The van der Waals surface area contributed by atoms with Gasteiger partial charge < -0.3 is 28.5 Å². The highest BCUT2D eigenvalue weighted by Crippen LogP contribution is 2.16. The van der Waals surface area contributed by atoms with Gasteiger partial charge >= 0.3 is 17.9 Å². The average Bonchev–Trinajstić information content (AvgIpc) is 3.71.